The molecule has 2 heterocycles. The molecule has 0 radical (unpaired) electrons. The average Bonchev–Trinajstić information content (AvgIpc) is 2.81. The van der Waals surface area contributed by atoms with Gasteiger partial charge in [-0.3, -0.25) is 19.1 Å². The molecule has 1 aliphatic heterocycles. The van der Waals surface area contributed by atoms with E-state index >= 15 is 0 Å². The molecule has 1 atom stereocenters. The van der Waals surface area contributed by atoms with Gasteiger partial charge in [-0.2, -0.15) is 0 Å². The summed E-state index contributed by atoms with van der Waals surface area (Å²) in [6.07, 6.45) is 0.247. The van der Waals surface area contributed by atoms with Gasteiger partial charge in [0.05, 0.1) is 11.3 Å². The van der Waals surface area contributed by atoms with Crippen LogP contribution in [0.5, 0.6) is 0 Å². The van der Waals surface area contributed by atoms with E-state index in [0.717, 1.165) is 33.8 Å². The second kappa shape index (κ2) is 8.21. The molecule has 164 valence electrons. The van der Waals surface area contributed by atoms with Gasteiger partial charge in [0.2, 0.25) is 5.91 Å². The first kappa shape index (κ1) is 21.0. The lowest BCUT2D eigenvalue weighted by molar-refractivity contribution is -0.118. The van der Waals surface area contributed by atoms with Crippen LogP contribution in [0.4, 0.5) is 11.4 Å². The van der Waals surface area contributed by atoms with Crippen molar-refractivity contribution in [1.29, 1.82) is 0 Å². The number of hydrogen-bond acceptors (Lipinski definition) is 2. The Bertz CT molecular complexity index is 1380. The lowest BCUT2D eigenvalue weighted by atomic mass is 9.84. The summed E-state index contributed by atoms with van der Waals surface area (Å²) in [6, 6.07) is 27.7. The Morgan fingerprint density at radius 2 is 1.30 bits per heavy atom. The second-order valence-electron chi connectivity index (χ2n) is 8.79. The molecular weight excluding hydrogens is 408 g/mol. The number of rotatable bonds is 3. The molecule has 4 aromatic rings. The highest BCUT2D eigenvalue weighted by atomic mass is 16.2. The van der Waals surface area contributed by atoms with E-state index in [4.69, 9.17) is 0 Å². The number of aryl methyl sites for hydroxylation is 3. The fourth-order valence-corrected chi connectivity index (χ4v) is 4.71. The summed E-state index contributed by atoms with van der Waals surface area (Å²) in [7, 11) is 0. The molecular formula is C29H26N2O2. The van der Waals surface area contributed by atoms with Crippen molar-refractivity contribution in [3.05, 3.63) is 123 Å². The molecule has 3 aromatic carbocycles. The molecule has 0 saturated carbocycles. The van der Waals surface area contributed by atoms with E-state index in [1.165, 1.54) is 0 Å². The second-order valence-corrected chi connectivity index (χ2v) is 8.79. The van der Waals surface area contributed by atoms with Crippen LogP contribution in [-0.4, -0.2) is 10.5 Å². The predicted molar refractivity (Wildman–Crippen MR) is 133 cm³/mol. The fourth-order valence-electron chi connectivity index (χ4n) is 4.71. The summed E-state index contributed by atoms with van der Waals surface area (Å²) < 4.78 is 1.76. The van der Waals surface area contributed by atoms with E-state index in [1.54, 1.807) is 9.47 Å². The van der Waals surface area contributed by atoms with E-state index in [9.17, 15) is 9.59 Å². The number of benzene rings is 3. The number of carbonyl (C=O) groups excluding carboxylic acids is 1. The number of nitrogens with zero attached hydrogens (tertiary/aromatic N) is 2. The molecule has 0 N–H and O–H groups in total. The Morgan fingerprint density at radius 3 is 1.91 bits per heavy atom. The summed E-state index contributed by atoms with van der Waals surface area (Å²) in [5.41, 5.74) is 6.90. The molecule has 4 nitrogen and oxygen atoms in total. The van der Waals surface area contributed by atoms with Crippen molar-refractivity contribution in [2.24, 2.45) is 0 Å². The standard InChI is InChI=1S/C29H26N2O2/c1-19-9-13-23(14-10-19)30-21(3)17-26-28(29(30)33)25(22-7-5-4-6-8-22)18-27(32)31(26)24-15-11-20(2)12-16-24/h4-17,25H,18H2,1-3H3. The van der Waals surface area contributed by atoms with E-state index in [0.29, 0.717) is 11.3 Å². The quantitative estimate of drug-likeness (QED) is 0.399. The summed E-state index contributed by atoms with van der Waals surface area (Å²) >= 11 is 0. The van der Waals surface area contributed by atoms with Gasteiger partial charge < -0.3 is 0 Å². The molecule has 0 bridgehead atoms. The highest BCUT2D eigenvalue weighted by Gasteiger charge is 2.36. The van der Waals surface area contributed by atoms with Crippen LogP contribution in [-0.2, 0) is 4.79 Å². The summed E-state index contributed by atoms with van der Waals surface area (Å²) in [5.74, 6) is -0.299. The van der Waals surface area contributed by atoms with Crippen LogP contribution in [0, 0.1) is 20.8 Å². The van der Waals surface area contributed by atoms with Gasteiger partial charge in [0.15, 0.2) is 0 Å². The van der Waals surface area contributed by atoms with Crippen LogP contribution in [0.1, 0.15) is 40.3 Å². The third-order valence-corrected chi connectivity index (χ3v) is 6.41. The zero-order valence-electron chi connectivity index (χ0n) is 19.1. The first-order valence-electron chi connectivity index (χ1n) is 11.2. The van der Waals surface area contributed by atoms with Crippen LogP contribution in [0.2, 0.25) is 0 Å². The molecule has 1 aliphatic rings. The molecule has 0 fully saturated rings. The number of aromatic nitrogens is 1. The summed E-state index contributed by atoms with van der Waals surface area (Å²) in [6.45, 7) is 5.97. The third-order valence-electron chi connectivity index (χ3n) is 6.41. The minimum absolute atomic E-state index is 0.00732. The van der Waals surface area contributed by atoms with Crippen LogP contribution in [0.3, 0.4) is 0 Å². The highest BCUT2D eigenvalue weighted by molar-refractivity contribution is 6.04. The van der Waals surface area contributed by atoms with E-state index in [1.807, 2.05) is 106 Å². The number of hydrogen-bond donors (Lipinski definition) is 0. The van der Waals surface area contributed by atoms with Crippen molar-refractivity contribution < 1.29 is 4.79 Å². The number of anilines is 2. The van der Waals surface area contributed by atoms with Crippen molar-refractivity contribution in [1.82, 2.24) is 4.57 Å². The van der Waals surface area contributed by atoms with Crippen molar-refractivity contribution >= 4 is 17.3 Å². The molecule has 33 heavy (non-hydrogen) atoms. The molecule has 1 amide bonds. The highest BCUT2D eigenvalue weighted by Crippen LogP contribution is 2.42. The first-order valence-corrected chi connectivity index (χ1v) is 11.2. The van der Waals surface area contributed by atoms with E-state index < -0.39 is 0 Å². The molecule has 5 rings (SSSR count). The molecule has 0 saturated heterocycles. The molecule has 0 aliphatic carbocycles. The van der Waals surface area contributed by atoms with Gasteiger partial charge in [0, 0.05) is 29.4 Å². The number of carbonyl (C=O) groups is 1. The lowest BCUT2D eigenvalue weighted by Crippen LogP contribution is -2.39. The predicted octanol–water partition coefficient (Wildman–Crippen LogP) is 5.96. The van der Waals surface area contributed by atoms with E-state index in [-0.39, 0.29) is 23.8 Å². The first-order chi connectivity index (χ1) is 15.9. The Morgan fingerprint density at radius 1 is 0.727 bits per heavy atom. The lowest BCUT2D eigenvalue weighted by Gasteiger charge is -2.35. The van der Waals surface area contributed by atoms with E-state index in [2.05, 4.69) is 0 Å². The maximum Gasteiger partial charge on any atom is 0.261 e. The molecule has 1 aromatic heterocycles. The number of amides is 1. The van der Waals surface area contributed by atoms with Crippen LogP contribution < -0.4 is 10.5 Å². The maximum atomic E-state index is 14.1. The Hall–Kier alpha value is -3.92. The van der Waals surface area contributed by atoms with Crippen molar-refractivity contribution in [2.45, 2.75) is 33.1 Å². The Labute approximate surface area is 193 Å². The van der Waals surface area contributed by atoms with Gasteiger partial charge in [0.1, 0.15) is 0 Å². The largest absolute Gasteiger partial charge is 0.281 e. The third kappa shape index (κ3) is 3.68. The van der Waals surface area contributed by atoms with Crippen molar-refractivity contribution in [2.75, 3.05) is 4.90 Å². The summed E-state index contributed by atoms with van der Waals surface area (Å²) in [4.78, 5) is 29.2. The maximum absolute atomic E-state index is 14.1. The minimum atomic E-state index is -0.291. The smallest absolute Gasteiger partial charge is 0.261 e. The van der Waals surface area contributed by atoms with Crippen LogP contribution in [0.25, 0.3) is 5.69 Å². The molecule has 0 spiro atoms. The number of fused-ring (bicyclic) bond motifs is 1. The molecule has 4 heteroatoms. The minimum Gasteiger partial charge on any atom is -0.281 e. The topological polar surface area (TPSA) is 42.3 Å². The molecule has 1 unspecified atom stereocenters. The fraction of sp³-hybridized carbons (Fsp3) is 0.172. The monoisotopic (exact) mass is 434 g/mol. The van der Waals surface area contributed by atoms with Crippen molar-refractivity contribution in [3.8, 4) is 5.69 Å². The van der Waals surface area contributed by atoms with Gasteiger partial charge in [-0.1, -0.05) is 65.7 Å². The Kier molecular flexibility index (Phi) is 5.21. The van der Waals surface area contributed by atoms with Gasteiger partial charge in [0.25, 0.3) is 5.56 Å². The average molecular weight is 435 g/mol. The van der Waals surface area contributed by atoms with Gasteiger partial charge in [-0.05, 0) is 56.7 Å². The normalized spacial score (nSPS) is 15.4. The zero-order chi connectivity index (χ0) is 23.1. The SMILES string of the molecule is Cc1ccc(N2C(=O)CC(c3ccccc3)c3c2cc(C)n(-c2ccc(C)cc2)c3=O)cc1. The summed E-state index contributed by atoms with van der Waals surface area (Å²) in [5, 5.41) is 0. The zero-order valence-corrected chi connectivity index (χ0v) is 19.1. The van der Waals surface area contributed by atoms with Gasteiger partial charge in [-0.15, -0.1) is 0 Å². The Balaban J connectivity index is 1.78. The number of pyridine rings is 1. The van der Waals surface area contributed by atoms with Gasteiger partial charge in [-0.25, -0.2) is 0 Å². The van der Waals surface area contributed by atoms with Gasteiger partial charge >= 0.3 is 0 Å². The van der Waals surface area contributed by atoms with Crippen LogP contribution in [0.15, 0.2) is 89.7 Å². The van der Waals surface area contributed by atoms with Crippen LogP contribution >= 0.6 is 0 Å². The van der Waals surface area contributed by atoms with Crippen molar-refractivity contribution in [3.63, 3.8) is 0 Å².